The Labute approximate surface area is 93.3 Å². The Morgan fingerprint density at radius 3 is 2.00 bits per heavy atom. The van der Waals surface area contributed by atoms with Gasteiger partial charge in [-0.2, -0.15) is 0 Å². The number of carbonyl (C=O) groups excluding carboxylic acids is 1. The molecule has 0 aromatic heterocycles. The second kappa shape index (κ2) is 4.37. The van der Waals surface area contributed by atoms with E-state index >= 15 is 0 Å². The maximum atomic E-state index is 11.5. The van der Waals surface area contributed by atoms with E-state index in [2.05, 4.69) is 4.52 Å². The van der Waals surface area contributed by atoms with Crippen molar-refractivity contribution in [2.45, 2.75) is 20.8 Å². The molecule has 0 atom stereocenters. The molecule has 1 aromatic rings. The van der Waals surface area contributed by atoms with Crippen molar-refractivity contribution in [3.63, 3.8) is 0 Å². The fraction of sp³-hybridized carbons (Fsp3) is 0.300. The highest BCUT2D eigenvalue weighted by Crippen LogP contribution is 2.37. The third-order valence-corrected chi connectivity index (χ3v) is 2.49. The fourth-order valence-corrected chi connectivity index (χ4v) is 1.96. The van der Waals surface area contributed by atoms with Crippen molar-refractivity contribution >= 4 is 13.8 Å². The smallest absolute Gasteiger partial charge is 0.367 e. The summed E-state index contributed by atoms with van der Waals surface area (Å²) in [5, 5.41) is 0. The molecule has 0 radical (unpaired) electrons. The Kier molecular flexibility index (Phi) is 3.53. The Morgan fingerprint density at radius 2 is 1.62 bits per heavy atom. The van der Waals surface area contributed by atoms with E-state index in [9.17, 15) is 9.36 Å². The largest absolute Gasteiger partial charge is 0.527 e. The fourth-order valence-electron chi connectivity index (χ4n) is 1.66. The van der Waals surface area contributed by atoms with E-state index in [0.717, 1.165) is 5.56 Å². The molecule has 0 heterocycles. The van der Waals surface area contributed by atoms with Gasteiger partial charge in [0.15, 0.2) is 0 Å². The predicted molar refractivity (Wildman–Crippen MR) is 58.1 cm³/mol. The number of benzene rings is 1. The number of phosphoric ester groups is 1. The van der Waals surface area contributed by atoms with Crippen LogP contribution in [0.1, 0.15) is 27.0 Å². The van der Waals surface area contributed by atoms with Crippen LogP contribution in [0.2, 0.25) is 0 Å². The quantitative estimate of drug-likeness (QED) is 0.776. The molecule has 0 bridgehead atoms. The Morgan fingerprint density at radius 1 is 1.19 bits per heavy atom. The average molecular weight is 244 g/mol. The van der Waals surface area contributed by atoms with Gasteiger partial charge in [0, 0.05) is 0 Å². The molecule has 0 spiro atoms. The number of rotatable bonds is 2. The standard InChI is InChI=1S/C10H13O5P/c1-6-4-7(2)9(8(3)5-6)10(11)15-16(12,13)14/h4-5H,1-3H3,(H2,12,13,14). The third-order valence-electron chi connectivity index (χ3n) is 2.08. The summed E-state index contributed by atoms with van der Waals surface area (Å²) in [6.07, 6.45) is 0. The van der Waals surface area contributed by atoms with Crippen molar-refractivity contribution in [2.75, 3.05) is 0 Å². The number of hydrogen-bond donors (Lipinski definition) is 2. The maximum Gasteiger partial charge on any atom is 0.527 e. The lowest BCUT2D eigenvalue weighted by molar-refractivity contribution is 0.0676. The molecule has 0 unspecified atom stereocenters. The maximum absolute atomic E-state index is 11.5. The lowest BCUT2D eigenvalue weighted by Gasteiger charge is -2.11. The van der Waals surface area contributed by atoms with Crippen molar-refractivity contribution in [3.8, 4) is 0 Å². The van der Waals surface area contributed by atoms with Gasteiger partial charge in [0.1, 0.15) is 0 Å². The molecule has 88 valence electrons. The Hall–Kier alpha value is -1.16. The first-order valence-corrected chi connectivity index (χ1v) is 6.11. The van der Waals surface area contributed by atoms with Crippen molar-refractivity contribution in [3.05, 3.63) is 34.4 Å². The van der Waals surface area contributed by atoms with Gasteiger partial charge in [-0.1, -0.05) is 17.7 Å². The molecule has 0 amide bonds. The van der Waals surface area contributed by atoms with Crippen LogP contribution in [0.5, 0.6) is 0 Å². The molecule has 0 aliphatic rings. The van der Waals surface area contributed by atoms with Crippen molar-refractivity contribution in [1.29, 1.82) is 0 Å². The highest BCUT2D eigenvalue weighted by molar-refractivity contribution is 7.46. The summed E-state index contributed by atoms with van der Waals surface area (Å²) in [5.74, 6) is -0.997. The number of hydrogen-bond acceptors (Lipinski definition) is 3. The molecule has 5 nitrogen and oxygen atoms in total. The topological polar surface area (TPSA) is 83.8 Å². The monoisotopic (exact) mass is 244 g/mol. The lowest BCUT2D eigenvalue weighted by atomic mass is 10.0. The van der Waals surface area contributed by atoms with E-state index in [0.29, 0.717) is 11.1 Å². The first kappa shape index (κ1) is 12.9. The van der Waals surface area contributed by atoms with Crippen molar-refractivity contribution in [2.24, 2.45) is 0 Å². The first-order valence-electron chi connectivity index (χ1n) is 4.58. The average Bonchev–Trinajstić information content (AvgIpc) is 1.96. The molecule has 1 aromatic carbocycles. The predicted octanol–water partition coefficient (Wildman–Crippen LogP) is 1.86. The van der Waals surface area contributed by atoms with Gasteiger partial charge in [-0.3, -0.25) is 9.79 Å². The summed E-state index contributed by atoms with van der Waals surface area (Å²) in [4.78, 5) is 28.6. The van der Waals surface area contributed by atoms with Crippen LogP contribution < -0.4 is 0 Å². The van der Waals surface area contributed by atoms with Gasteiger partial charge in [0.2, 0.25) is 0 Å². The van der Waals surface area contributed by atoms with Gasteiger partial charge in [0.25, 0.3) is 0 Å². The summed E-state index contributed by atoms with van der Waals surface area (Å²) in [6.45, 7) is 5.25. The zero-order valence-corrected chi connectivity index (χ0v) is 10.1. The highest BCUT2D eigenvalue weighted by Gasteiger charge is 2.24. The second-order valence-electron chi connectivity index (χ2n) is 3.64. The Bertz CT molecular complexity index is 451. The van der Waals surface area contributed by atoms with E-state index in [4.69, 9.17) is 9.79 Å². The minimum atomic E-state index is -4.79. The molecule has 0 saturated heterocycles. The normalized spacial score (nSPS) is 11.3. The number of carbonyl (C=O) groups is 1. The molecule has 16 heavy (non-hydrogen) atoms. The van der Waals surface area contributed by atoms with Crippen LogP contribution in [0.15, 0.2) is 12.1 Å². The van der Waals surface area contributed by atoms with Gasteiger partial charge in [0.05, 0.1) is 5.56 Å². The van der Waals surface area contributed by atoms with E-state index < -0.39 is 13.8 Å². The van der Waals surface area contributed by atoms with Gasteiger partial charge < -0.3 is 4.52 Å². The van der Waals surface area contributed by atoms with E-state index in [-0.39, 0.29) is 5.56 Å². The molecule has 0 saturated carbocycles. The molecule has 0 aliphatic heterocycles. The lowest BCUT2D eigenvalue weighted by Crippen LogP contribution is -2.08. The zero-order valence-electron chi connectivity index (χ0n) is 9.22. The number of aryl methyl sites for hydroxylation is 3. The molecular formula is C10H13O5P. The van der Waals surface area contributed by atoms with E-state index in [1.165, 1.54) is 0 Å². The number of phosphoric acid groups is 1. The van der Waals surface area contributed by atoms with Crippen LogP contribution >= 0.6 is 7.82 Å². The first-order chi connectivity index (χ1) is 7.20. The summed E-state index contributed by atoms with van der Waals surface area (Å²) in [7, 11) is -4.79. The van der Waals surface area contributed by atoms with Gasteiger partial charge >= 0.3 is 13.8 Å². The van der Waals surface area contributed by atoms with E-state index in [1.54, 1.807) is 26.0 Å². The summed E-state index contributed by atoms with van der Waals surface area (Å²) in [6, 6.07) is 3.51. The Balaban J connectivity index is 3.14. The van der Waals surface area contributed by atoms with Crippen LogP contribution in [0.3, 0.4) is 0 Å². The molecular weight excluding hydrogens is 231 g/mol. The van der Waals surface area contributed by atoms with Crippen LogP contribution in [-0.4, -0.2) is 15.8 Å². The van der Waals surface area contributed by atoms with Crippen molar-refractivity contribution in [1.82, 2.24) is 0 Å². The van der Waals surface area contributed by atoms with E-state index in [1.807, 2.05) is 6.92 Å². The molecule has 2 N–H and O–H groups in total. The van der Waals surface area contributed by atoms with Crippen LogP contribution in [0.25, 0.3) is 0 Å². The molecule has 0 fully saturated rings. The molecule has 0 aliphatic carbocycles. The van der Waals surface area contributed by atoms with Gasteiger partial charge in [-0.05, 0) is 31.9 Å². The minimum absolute atomic E-state index is 0.203. The summed E-state index contributed by atoms with van der Waals surface area (Å²) >= 11 is 0. The van der Waals surface area contributed by atoms with Gasteiger partial charge in [-0.25, -0.2) is 9.36 Å². The van der Waals surface area contributed by atoms with Crippen molar-refractivity contribution < 1.29 is 23.7 Å². The van der Waals surface area contributed by atoms with Crippen LogP contribution in [-0.2, 0) is 9.09 Å². The van der Waals surface area contributed by atoms with Gasteiger partial charge in [-0.15, -0.1) is 0 Å². The van der Waals surface area contributed by atoms with Crippen LogP contribution in [0, 0.1) is 20.8 Å². The summed E-state index contributed by atoms with van der Waals surface area (Å²) < 4.78 is 14.6. The zero-order chi connectivity index (χ0) is 12.5. The summed E-state index contributed by atoms with van der Waals surface area (Å²) in [5.41, 5.74) is 2.45. The minimum Gasteiger partial charge on any atom is -0.367 e. The van der Waals surface area contributed by atoms with Crippen LogP contribution in [0.4, 0.5) is 0 Å². The highest BCUT2D eigenvalue weighted by atomic mass is 31.2. The SMILES string of the molecule is Cc1cc(C)c(C(=O)OP(=O)(O)O)c(C)c1. The molecule has 1 rings (SSSR count). The second-order valence-corrected chi connectivity index (χ2v) is 4.81. The third kappa shape index (κ3) is 3.17. The molecule has 6 heteroatoms.